The second-order valence-corrected chi connectivity index (χ2v) is 5.86. The Hall–Kier alpha value is -2.63. The average Bonchev–Trinajstić information content (AvgIpc) is 3.03. The summed E-state index contributed by atoms with van der Waals surface area (Å²) in [5, 5.41) is 4.88. The topological polar surface area (TPSA) is 84.5 Å². The molecule has 6 heteroatoms. The Labute approximate surface area is 141 Å². The molecule has 1 fully saturated rings. The number of carbonyl (C=O) groups is 3. The highest BCUT2D eigenvalue weighted by atomic mass is 16.5. The fraction of sp³-hybridized carbons (Fsp3) is 0.389. The van der Waals surface area contributed by atoms with Crippen molar-refractivity contribution in [2.75, 3.05) is 6.61 Å². The second-order valence-electron chi connectivity index (χ2n) is 5.86. The molecule has 0 aromatic heterocycles. The zero-order valence-electron chi connectivity index (χ0n) is 13.7. The number of amides is 3. The van der Waals surface area contributed by atoms with E-state index in [1.807, 2.05) is 31.2 Å². The monoisotopic (exact) mass is 330 g/mol. The summed E-state index contributed by atoms with van der Waals surface area (Å²) in [6, 6.07) is 7.20. The molecule has 0 spiro atoms. The van der Waals surface area contributed by atoms with E-state index >= 15 is 0 Å². The Morgan fingerprint density at radius 2 is 2.00 bits per heavy atom. The van der Waals surface area contributed by atoms with Gasteiger partial charge in [-0.2, -0.15) is 0 Å². The van der Waals surface area contributed by atoms with Gasteiger partial charge in [-0.05, 0) is 31.4 Å². The van der Waals surface area contributed by atoms with E-state index in [0.29, 0.717) is 0 Å². The number of ether oxygens (including phenoxy) is 1. The van der Waals surface area contributed by atoms with E-state index in [-0.39, 0.29) is 6.04 Å². The van der Waals surface area contributed by atoms with Crippen LogP contribution in [0.15, 0.2) is 30.3 Å². The van der Waals surface area contributed by atoms with Gasteiger partial charge in [0.15, 0.2) is 6.61 Å². The summed E-state index contributed by atoms with van der Waals surface area (Å²) < 4.78 is 4.81. The summed E-state index contributed by atoms with van der Waals surface area (Å²) in [5.74, 6) is -1.29. The van der Waals surface area contributed by atoms with Crippen LogP contribution in [-0.2, 0) is 14.3 Å². The third-order valence-corrected chi connectivity index (χ3v) is 3.74. The highest BCUT2D eigenvalue weighted by molar-refractivity contribution is 5.96. The molecule has 0 unspecified atom stereocenters. The molecule has 0 heterocycles. The minimum atomic E-state index is -0.650. The normalized spacial score (nSPS) is 14.5. The molecule has 1 aliphatic rings. The molecule has 1 aliphatic carbocycles. The van der Waals surface area contributed by atoms with E-state index in [1.54, 1.807) is 6.08 Å². The summed E-state index contributed by atoms with van der Waals surface area (Å²) in [4.78, 5) is 34.8. The van der Waals surface area contributed by atoms with Gasteiger partial charge in [-0.3, -0.25) is 10.1 Å². The molecule has 2 rings (SSSR count). The average molecular weight is 330 g/mol. The number of urea groups is 1. The van der Waals surface area contributed by atoms with E-state index in [2.05, 4.69) is 10.6 Å². The van der Waals surface area contributed by atoms with Crippen molar-refractivity contribution in [1.82, 2.24) is 10.6 Å². The van der Waals surface area contributed by atoms with Crippen LogP contribution in [0.1, 0.15) is 36.8 Å². The molecule has 0 atom stereocenters. The molecule has 1 aromatic carbocycles. The summed E-state index contributed by atoms with van der Waals surface area (Å²) in [6.45, 7) is 1.46. The quantitative estimate of drug-likeness (QED) is 0.641. The zero-order valence-corrected chi connectivity index (χ0v) is 13.7. The molecule has 1 saturated carbocycles. The van der Waals surface area contributed by atoms with Crippen molar-refractivity contribution in [3.05, 3.63) is 41.5 Å². The number of rotatable bonds is 5. The van der Waals surface area contributed by atoms with Crippen LogP contribution in [0, 0.1) is 6.92 Å². The summed E-state index contributed by atoms with van der Waals surface area (Å²) in [7, 11) is 0. The van der Waals surface area contributed by atoms with Gasteiger partial charge in [0, 0.05) is 12.1 Å². The van der Waals surface area contributed by atoms with Crippen molar-refractivity contribution in [2.45, 2.75) is 38.6 Å². The second kappa shape index (κ2) is 8.86. The molecule has 2 N–H and O–H groups in total. The molecular weight excluding hydrogens is 308 g/mol. The van der Waals surface area contributed by atoms with Crippen LogP contribution in [0.5, 0.6) is 0 Å². The van der Waals surface area contributed by atoms with E-state index < -0.39 is 24.5 Å². The van der Waals surface area contributed by atoms with Gasteiger partial charge in [0.05, 0.1) is 0 Å². The molecule has 1 aromatic rings. The third-order valence-electron chi connectivity index (χ3n) is 3.74. The van der Waals surface area contributed by atoms with Crippen molar-refractivity contribution in [3.8, 4) is 0 Å². The van der Waals surface area contributed by atoms with Gasteiger partial charge in [-0.1, -0.05) is 42.7 Å². The predicted octanol–water partition coefficient (Wildman–Crippen LogP) is 2.32. The van der Waals surface area contributed by atoms with Gasteiger partial charge < -0.3 is 10.1 Å². The van der Waals surface area contributed by atoms with Crippen molar-refractivity contribution < 1.29 is 19.1 Å². The first-order valence-corrected chi connectivity index (χ1v) is 8.05. The Balaban J connectivity index is 1.68. The Morgan fingerprint density at radius 1 is 1.25 bits per heavy atom. The number of carbonyl (C=O) groups excluding carboxylic acids is 3. The van der Waals surface area contributed by atoms with Crippen LogP contribution in [0.3, 0.4) is 0 Å². The number of esters is 1. The largest absolute Gasteiger partial charge is 0.452 e. The predicted molar refractivity (Wildman–Crippen MR) is 90.1 cm³/mol. The summed E-state index contributed by atoms with van der Waals surface area (Å²) in [6.07, 6.45) is 6.90. The molecule has 0 aliphatic heterocycles. The van der Waals surface area contributed by atoms with Crippen molar-refractivity contribution in [3.63, 3.8) is 0 Å². The lowest BCUT2D eigenvalue weighted by atomic mass is 10.1. The summed E-state index contributed by atoms with van der Waals surface area (Å²) in [5.41, 5.74) is 1.95. The maximum Gasteiger partial charge on any atom is 0.331 e. The molecule has 24 heavy (non-hydrogen) atoms. The lowest BCUT2D eigenvalue weighted by molar-refractivity contribution is -0.143. The van der Waals surface area contributed by atoms with Crippen LogP contribution < -0.4 is 10.6 Å². The van der Waals surface area contributed by atoms with Crippen molar-refractivity contribution >= 4 is 24.0 Å². The lowest BCUT2D eigenvalue weighted by Crippen LogP contribution is -2.44. The molecular formula is C18H22N2O4. The van der Waals surface area contributed by atoms with Gasteiger partial charge >= 0.3 is 12.0 Å². The number of imide groups is 1. The van der Waals surface area contributed by atoms with Crippen LogP contribution in [0.2, 0.25) is 0 Å². The fourth-order valence-electron chi connectivity index (χ4n) is 2.58. The molecule has 128 valence electrons. The van der Waals surface area contributed by atoms with E-state index in [0.717, 1.165) is 36.8 Å². The van der Waals surface area contributed by atoms with E-state index in [4.69, 9.17) is 4.74 Å². The smallest absolute Gasteiger partial charge is 0.331 e. The number of hydrogen-bond donors (Lipinski definition) is 2. The van der Waals surface area contributed by atoms with Gasteiger partial charge in [0.1, 0.15) is 0 Å². The minimum Gasteiger partial charge on any atom is -0.452 e. The number of nitrogens with one attached hydrogen (secondary N) is 2. The van der Waals surface area contributed by atoms with Gasteiger partial charge in [-0.25, -0.2) is 9.59 Å². The molecule has 0 bridgehead atoms. The SMILES string of the molecule is Cc1cccc(/C=C/C(=O)OCC(=O)NC(=O)NC2CCCC2)c1. The number of benzene rings is 1. The Bertz CT molecular complexity index is 634. The maximum atomic E-state index is 11.6. The van der Waals surface area contributed by atoms with Crippen LogP contribution in [-0.4, -0.2) is 30.6 Å². The van der Waals surface area contributed by atoms with E-state index in [9.17, 15) is 14.4 Å². The van der Waals surface area contributed by atoms with Crippen LogP contribution >= 0.6 is 0 Å². The highest BCUT2D eigenvalue weighted by Crippen LogP contribution is 2.17. The summed E-state index contributed by atoms with van der Waals surface area (Å²) >= 11 is 0. The standard InChI is InChI=1S/C18H22N2O4/c1-13-5-4-6-14(11-13)9-10-17(22)24-12-16(21)20-18(23)19-15-7-2-3-8-15/h4-6,9-11,15H,2-3,7-8,12H2,1H3,(H2,19,20,21,23)/b10-9+. The van der Waals surface area contributed by atoms with Crippen LogP contribution in [0.4, 0.5) is 4.79 Å². The maximum absolute atomic E-state index is 11.6. The Kier molecular flexibility index (Phi) is 6.54. The molecule has 0 radical (unpaired) electrons. The molecule has 6 nitrogen and oxygen atoms in total. The minimum absolute atomic E-state index is 0.123. The molecule has 3 amide bonds. The van der Waals surface area contributed by atoms with Crippen LogP contribution in [0.25, 0.3) is 6.08 Å². The fourth-order valence-corrected chi connectivity index (χ4v) is 2.58. The first-order valence-electron chi connectivity index (χ1n) is 8.05. The Morgan fingerprint density at radius 3 is 2.71 bits per heavy atom. The molecule has 0 saturated heterocycles. The number of hydrogen-bond acceptors (Lipinski definition) is 4. The lowest BCUT2D eigenvalue weighted by Gasteiger charge is -2.12. The van der Waals surface area contributed by atoms with Crippen molar-refractivity contribution in [2.24, 2.45) is 0 Å². The number of aryl methyl sites for hydroxylation is 1. The first-order chi connectivity index (χ1) is 11.5. The van der Waals surface area contributed by atoms with Gasteiger partial charge in [0.2, 0.25) is 0 Å². The van der Waals surface area contributed by atoms with E-state index in [1.165, 1.54) is 6.08 Å². The van der Waals surface area contributed by atoms with Gasteiger partial charge in [-0.15, -0.1) is 0 Å². The zero-order chi connectivity index (χ0) is 17.4. The third kappa shape index (κ3) is 6.24. The first kappa shape index (κ1) is 17.7. The van der Waals surface area contributed by atoms with Gasteiger partial charge in [0.25, 0.3) is 5.91 Å². The highest BCUT2D eigenvalue weighted by Gasteiger charge is 2.18. The van der Waals surface area contributed by atoms with Crippen molar-refractivity contribution in [1.29, 1.82) is 0 Å².